The van der Waals surface area contributed by atoms with E-state index >= 15 is 0 Å². The quantitative estimate of drug-likeness (QED) is 0.758. The average molecular weight is 319 g/mol. The summed E-state index contributed by atoms with van der Waals surface area (Å²) in [7, 11) is 3.20. The molecule has 1 atom stereocenters. The summed E-state index contributed by atoms with van der Waals surface area (Å²) >= 11 is 0. The molecule has 6 nitrogen and oxygen atoms in total. The van der Waals surface area contributed by atoms with Crippen LogP contribution in [0, 0.1) is 0 Å². The molecule has 1 aromatic carbocycles. The largest absolute Gasteiger partial charge is 0.493 e. The van der Waals surface area contributed by atoms with Crippen LogP contribution in [0.15, 0.2) is 41.0 Å². The third-order valence-electron chi connectivity index (χ3n) is 3.33. The molecule has 1 amide bonds. The Kier molecular flexibility index (Phi) is 6.05. The van der Waals surface area contributed by atoms with E-state index in [-0.39, 0.29) is 17.7 Å². The topological polar surface area (TPSA) is 69.9 Å². The van der Waals surface area contributed by atoms with Gasteiger partial charge in [-0.05, 0) is 36.8 Å². The first-order chi connectivity index (χ1) is 11.2. The maximum Gasteiger partial charge on any atom is 0.287 e. The zero-order chi connectivity index (χ0) is 16.7. The number of benzene rings is 1. The first kappa shape index (κ1) is 16.9. The number of rotatable bonds is 8. The van der Waals surface area contributed by atoms with E-state index in [4.69, 9.17) is 18.6 Å². The number of amides is 1. The summed E-state index contributed by atoms with van der Waals surface area (Å²) < 4.78 is 21.0. The van der Waals surface area contributed by atoms with Gasteiger partial charge in [0.1, 0.15) is 6.61 Å². The summed E-state index contributed by atoms with van der Waals surface area (Å²) in [6.45, 7) is 2.83. The average Bonchev–Trinajstić information content (AvgIpc) is 3.09. The van der Waals surface area contributed by atoms with Gasteiger partial charge in [-0.25, -0.2) is 0 Å². The van der Waals surface area contributed by atoms with Crippen molar-refractivity contribution in [1.29, 1.82) is 0 Å². The van der Waals surface area contributed by atoms with Crippen LogP contribution >= 0.6 is 0 Å². The lowest BCUT2D eigenvalue weighted by atomic mass is 10.1. The van der Waals surface area contributed by atoms with Crippen LogP contribution in [0.5, 0.6) is 11.5 Å². The second-order valence-electron chi connectivity index (χ2n) is 4.92. The minimum Gasteiger partial charge on any atom is -0.493 e. The first-order valence-corrected chi connectivity index (χ1v) is 7.29. The third kappa shape index (κ3) is 4.50. The Hall–Kier alpha value is -2.47. The molecule has 0 fully saturated rings. The van der Waals surface area contributed by atoms with Crippen LogP contribution in [-0.2, 0) is 4.74 Å². The number of hydrogen-bond acceptors (Lipinski definition) is 5. The van der Waals surface area contributed by atoms with Gasteiger partial charge in [0, 0.05) is 7.11 Å². The molecule has 2 aromatic rings. The van der Waals surface area contributed by atoms with Gasteiger partial charge >= 0.3 is 0 Å². The molecular formula is C17H21NO5. The Morgan fingerprint density at radius 3 is 2.70 bits per heavy atom. The lowest BCUT2D eigenvalue weighted by Crippen LogP contribution is -2.26. The summed E-state index contributed by atoms with van der Waals surface area (Å²) in [4.78, 5) is 12.0. The monoisotopic (exact) mass is 319 g/mol. The lowest BCUT2D eigenvalue weighted by Gasteiger charge is -2.16. The molecule has 0 saturated heterocycles. The van der Waals surface area contributed by atoms with E-state index in [0.717, 1.165) is 5.56 Å². The fourth-order valence-corrected chi connectivity index (χ4v) is 2.07. The van der Waals surface area contributed by atoms with E-state index in [2.05, 4.69) is 5.32 Å². The Morgan fingerprint density at radius 2 is 2.04 bits per heavy atom. The number of carbonyl (C=O) groups is 1. The summed E-state index contributed by atoms with van der Waals surface area (Å²) in [5, 5.41) is 2.87. The van der Waals surface area contributed by atoms with Crippen LogP contribution in [0.1, 0.15) is 29.1 Å². The Labute approximate surface area is 135 Å². The predicted molar refractivity (Wildman–Crippen MR) is 85.0 cm³/mol. The van der Waals surface area contributed by atoms with Crippen molar-refractivity contribution in [2.24, 2.45) is 0 Å². The molecule has 1 aromatic heterocycles. The van der Waals surface area contributed by atoms with Gasteiger partial charge in [0.2, 0.25) is 0 Å². The molecule has 1 N–H and O–H groups in total. The highest BCUT2D eigenvalue weighted by Gasteiger charge is 2.15. The molecule has 0 aliphatic heterocycles. The van der Waals surface area contributed by atoms with Crippen LogP contribution in [0.25, 0.3) is 0 Å². The van der Waals surface area contributed by atoms with E-state index in [0.29, 0.717) is 24.7 Å². The molecule has 6 heteroatoms. The first-order valence-electron chi connectivity index (χ1n) is 7.29. The predicted octanol–water partition coefficient (Wildman–Crippen LogP) is 2.80. The van der Waals surface area contributed by atoms with E-state index in [1.807, 2.05) is 25.1 Å². The van der Waals surface area contributed by atoms with Gasteiger partial charge < -0.3 is 23.9 Å². The second-order valence-corrected chi connectivity index (χ2v) is 4.92. The maximum atomic E-state index is 12.0. The van der Waals surface area contributed by atoms with Crippen LogP contribution in [0.2, 0.25) is 0 Å². The van der Waals surface area contributed by atoms with Crippen molar-refractivity contribution in [3.8, 4) is 11.5 Å². The maximum absolute atomic E-state index is 12.0. The molecule has 0 radical (unpaired) electrons. The van der Waals surface area contributed by atoms with Gasteiger partial charge in [0.25, 0.3) is 5.91 Å². The van der Waals surface area contributed by atoms with E-state index in [1.165, 1.54) is 6.26 Å². The Balaban J connectivity index is 2.05. The molecule has 0 aliphatic carbocycles. The highest BCUT2D eigenvalue weighted by Crippen LogP contribution is 2.30. The van der Waals surface area contributed by atoms with E-state index in [1.54, 1.807) is 26.4 Å². The zero-order valence-corrected chi connectivity index (χ0v) is 13.5. The number of methoxy groups -OCH3 is 2. The summed E-state index contributed by atoms with van der Waals surface area (Å²) in [5.41, 5.74) is 0.904. The van der Waals surface area contributed by atoms with Gasteiger partial charge in [0.05, 0.1) is 26.0 Å². The SMILES string of the molecule is COCCOc1ccc([C@H](C)NC(=O)c2ccco2)cc1OC. The van der Waals surface area contributed by atoms with Crippen LogP contribution in [0.4, 0.5) is 0 Å². The van der Waals surface area contributed by atoms with Gasteiger partial charge in [0.15, 0.2) is 17.3 Å². The van der Waals surface area contributed by atoms with E-state index in [9.17, 15) is 4.79 Å². The van der Waals surface area contributed by atoms with Crippen molar-refractivity contribution < 1.29 is 23.4 Å². The van der Waals surface area contributed by atoms with Gasteiger partial charge in [-0.15, -0.1) is 0 Å². The molecule has 0 unspecified atom stereocenters. The molecule has 0 bridgehead atoms. The molecule has 1 heterocycles. The number of ether oxygens (including phenoxy) is 3. The minimum absolute atomic E-state index is 0.200. The van der Waals surface area contributed by atoms with Crippen LogP contribution in [0.3, 0.4) is 0 Å². The van der Waals surface area contributed by atoms with Crippen molar-refractivity contribution in [1.82, 2.24) is 5.32 Å². The van der Waals surface area contributed by atoms with Crippen LogP contribution in [-0.4, -0.2) is 33.3 Å². The highest BCUT2D eigenvalue weighted by atomic mass is 16.5. The molecule has 0 aliphatic rings. The summed E-state index contributed by atoms with van der Waals surface area (Å²) in [5.74, 6) is 1.26. The molecule has 0 spiro atoms. The minimum atomic E-state index is -0.262. The number of carbonyl (C=O) groups excluding carboxylic acids is 1. The fraction of sp³-hybridized carbons (Fsp3) is 0.353. The Bertz CT molecular complexity index is 624. The smallest absolute Gasteiger partial charge is 0.287 e. The number of nitrogens with one attached hydrogen (secondary N) is 1. The summed E-state index contributed by atoms with van der Waals surface area (Å²) in [6, 6.07) is 8.64. The fourth-order valence-electron chi connectivity index (χ4n) is 2.07. The normalized spacial score (nSPS) is 11.8. The van der Waals surface area contributed by atoms with Crippen molar-refractivity contribution in [3.63, 3.8) is 0 Å². The van der Waals surface area contributed by atoms with Crippen molar-refractivity contribution in [2.45, 2.75) is 13.0 Å². The zero-order valence-electron chi connectivity index (χ0n) is 13.5. The second kappa shape index (κ2) is 8.24. The highest BCUT2D eigenvalue weighted by molar-refractivity contribution is 5.91. The third-order valence-corrected chi connectivity index (χ3v) is 3.33. The van der Waals surface area contributed by atoms with Crippen molar-refractivity contribution >= 4 is 5.91 Å². The van der Waals surface area contributed by atoms with Crippen LogP contribution < -0.4 is 14.8 Å². The number of furan rings is 1. The van der Waals surface area contributed by atoms with Crippen molar-refractivity contribution in [3.05, 3.63) is 47.9 Å². The molecule has 23 heavy (non-hydrogen) atoms. The van der Waals surface area contributed by atoms with Gasteiger partial charge in [-0.2, -0.15) is 0 Å². The van der Waals surface area contributed by atoms with Crippen molar-refractivity contribution in [2.75, 3.05) is 27.4 Å². The molecule has 124 valence electrons. The van der Waals surface area contributed by atoms with E-state index < -0.39 is 0 Å². The molecule has 2 rings (SSSR count). The lowest BCUT2D eigenvalue weighted by molar-refractivity contribution is 0.0912. The standard InChI is InChI=1S/C17H21NO5/c1-12(18-17(19)15-5-4-8-22-15)13-6-7-14(16(11-13)21-3)23-10-9-20-2/h4-8,11-12H,9-10H2,1-3H3,(H,18,19)/t12-/m0/s1. The molecule has 0 saturated carbocycles. The summed E-state index contributed by atoms with van der Waals surface area (Å²) in [6.07, 6.45) is 1.47. The molecular weight excluding hydrogens is 298 g/mol. The van der Waals surface area contributed by atoms with Gasteiger partial charge in [-0.1, -0.05) is 6.07 Å². The Morgan fingerprint density at radius 1 is 1.22 bits per heavy atom. The van der Waals surface area contributed by atoms with Gasteiger partial charge in [-0.3, -0.25) is 4.79 Å². The number of hydrogen-bond donors (Lipinski definition) is 1.